The van der Waals surface area contributed by atoms with Crippen LogP contribution in [-0.2, 0) is 17.8 Å². The smallest absolute Gasteiger partial charge is 0.244 e. The van der Waals surface area contributed by atoms with E-state index in [0.29, 0.717) is 5.69 Å². The Morgan fingerprint density at radius 1 is 1.33 bits per heavy atom. The lowest BCUT2D eigenvalue weighted by atomic mass is 9.92. The number of rotatable bonds is 3. The summed E-state index contributed by atoms with van der Waals surface area (Å²) >= 11 is 0. The molecule has 1 atom stereocenters. The van der Waals surface area contributed by atoms with E-state index in [-0.39, 0.29) is 24.3 Å². The van der Waals surface area contributed by atoms with E-state index < -0.39 is 0 Å². The van der Waals surface area contributed by atoms with E-state index in [1.807, 2.05) is 17.0 Å². The Morgan fingerprint density at radius 3 is 2.81 bits per heavy atom. The van der Waals surface area contributed by atoms with Crippen LogP contribution in [0, 0.1) is 5.82 Å². The van der Waals surface area contributed by atoms with Crippen LogP contribution >= 0.6 is 0 Å². The van der Waals surface area contributed by atoms with Gasteiger partial charge in [-0.15, -0.1) is 0 Å². The third-order valence-electron chi connectivity index (χ3n) is 3.81. The molecule has 110 valence electrons. The van der Waals surface area contributed by atoms with Crippen molar-refractivity contribution in [1.29, 1.82) is 0 Å². The van der Waals surface area contributed by atoms with Crippen molar-refractivity contribution in [2.45, 2.75) is 31.8 Å². The Morgan fingerprint density at radius 2 is 2.10 bits per heavy atom. The molecule has 1 amide bonds. The zero-order chi connectivity index (χ0) is 14.8. The van der Waals surface area contributed by atoms with Gasteiger partial charge in [0.1, 0.15) is 12.4 Å². The normalized spacial score (nSPS) is 17.3. The number of nitrogens with one attached hydrogen (secondary N) is 1. The van der Waals surface area contributed by atoms with Gasteiger partial charge in [-0.3, -0.25) is 4.79 Å². The van der Waals surface area contributed by atoms with Gasteiger partial charge in [0.05, 0.1) is 0 Å². The second kappa shape index (κ2) is 5.69. The van der Waals surface area contributed by atoms with Gasteiger partial charge >= 0.3 is 0 Å². The van der Waals surface area contributed by atoms with Gasteiger partial charge in [-0.25, -0.2) is 4.39 Å². The van der Waals surface area contributed by atoms with Gasteiger partial charge in [0.25, 0.3) is 0 Å². The van der Waals surface area contributed by atoms with Crippen LogP contribution in [0.2, 0.25) is 0 Å². The van der Waals surface area contributed by atoms with E-state index in [2.05, 4.69) is 5.32 Å². The highest BCUT2D eigenvalue weighted by Crippen LogP contribution is 2.28. The first-order valence-electron chi connectivity index (χ1n) is 7.11. The molecule has 0 radical (unpaired) electrons. The zero-order valence-electron chi connectivity index (χ0n) is 11.7. The molecule has 0 spiro atoms. The average molecular weight is 287 g/mol. The maximum atomic E-state index is 12.8. The molecule has 4 nitrogen and oxygen atoms in total. The number of hydrogen-bond acceptors (Lipinski definition) is 2. The summed E-state index contributed by atoms with van der Waals surface area (Å²) in [5.41, 5.74) is 9.06. The van der Waals surface area contributed by atoms with Crippen LogP contribution in [0.4, 0.5) is 10.1 Å². The molecule has 5 heteroatoms. The fraction of sp³-hybridized carbons (Fsp3) is 0.312. The van der Waals surface area contributed by atoms with E-state index in [4.69, 9.17) is 5.73 Å². The highest BCUT2D eigenvalue weighted by atomic mass is 19.1. The van der Waals surface area contributed by atoms with Crippen LogP contribution in [0.3, 0.4) is 0 Å². The minimum Gasteiger partial charge on any atom is -0.344 e. The number of benzene rings is 1. The van der Waals surface area contributed by atoms with Gasteiger partial charge in [0, 0.05) is 24.1 Å². The topological polar surface area (TPSA) is 60.0 Å². The van der Waals surface area contributed by atoms with Crippen molar-refractivity contribution in [3.63, 3.8) is 0 Å². The van der Waals surface area contributed by atoms with Gasteiger partial charge in [0.2, 0.25) is 5.91 Å². The van der Waals surface area contributed by atoms with Crippen LogP contribution in [0.1, 0.15) is 30.0 Å². The number of carbonyl (C=O) groups is 1. The van der Waals surface area contributed by atoms with Crippen molar-refractivity contribution in [3.8, 4) is 0 Å². The van der Waals surface area contributed by atoms with Crippen molar-refractivity contribution < 1.29 is 9.18 Å². The number of nitrogens with two attached hydrogens (primary N) is 1. The first kappa shape index (κ1) is 13.8. The van der Waals surface area contributed by atoms with Crippen molar-refractivity contribution in [3.05, 3.63) is 53.6 Å². The quantitative estimate of drug-likeness (QED) is 0.911. The molecule has 3 N–H and O–H groups in total. The van der Waals surface area contributed by atoms with Crippen LogP contribution in [-0.4, -0.2) is 10.5 Å². The lowest BCUT2D eigenvalue weighted by Crippen LogP contribution is -2.18. The summed E-state index contributed by atoms with van der Waals surface area (Å²) in [6.07, 6.45) is 7.08. The largest absolute Gasteiger partial charge is 0.344 e. The fourth-order valence-corrected chi connectivity index (χ4v) is 2.78. The second-order valence-corrected chi connectivity index (χ2v) is 5.46. The Balaban J connectivity index is 1.66. The van der Waals surface area contributed by atoms with Crippen LogP contribution in [0.5, 0.6) is 0 Å². The number of amides is 1. The Hall–Kier alpha value is -2.14. The van der Waals surface area contributed by atoms with E-state index >= 15 is 0 Å². The van der Waals surface area contributed by atoms with Crippen molar-refractivity contribution >= 4 is 11.6 Å². The molecule has 1 unspecified atom stereocenters. The Kier molecular flexibility index (Phi) is 3.75. The third-order valence-corrected chi connectivity index (χ3v) is 3.81. The molecule has 1 aliphatic carbocycles. The van der Waals surface area contributed by atoms with Gasteiger partial charge in [0.15, 0.2) is 0 Å². The Labute approximate surface area is 122 Å². The van der Waals surface area contributed by atoms with Crippen LogP contribution in [0.15, 0.2) is 36.7 Å². The second-order valence-electron chi connectivity index (χ2n) is 5.46. The van der Waals surface area contributed by atoms with E-state index in [0.717, 1.165) is 24.8 Å². The molecule has 3 rings (SSSR count). The number of aryl methyl sites for hydroxylation is 1. The summed E-state index contributed by atoms with van der Waals surface area (Å²) in [5.74, 6) is -0.456. The number of carbonyl (C=O) groups excluding carboxylic acids is 1. The number of hydrogen-bond donors (Lipinski definition) is 2. The molecule has 1 aromatic heterocycles. The molecule has 0 aliphatic heterocycles. The van der Waals surface area contributed by atoms with E-state index in [1.165, 1.54) is 17.7 Å². The first-order valence-corrected chi connectivity index (χ1v) is 7.11. The van der Waals surface area contributed by atoms with Gasteiger partial charge in [-0.05, 0) is 54.7 Å². The number of aromatic nitrogens is 1. The molecule has 0 bridgehead atoms. The summed E-state index contributed by atoms with van der Waals surface area (Å²) in [6.45, 7) is 0.233. The van der Waals surface area contributed by atoms with Crippen LogP contribution < -0.4 is 11.1 Å². The molecule has 21 heavy (non-hydrogen) atoms. The van der Waals surface area contributed by atoms with Gasteiger partial charge in [-0.2, -0.15) is 0 Å². The van der Waals surface area contributed by atoms with Gasteiger partial charge in [-0.1, -0.05) is 0 Å². The number of halogens is 1. The molecule has 1 aliphatic rings. The summed E-state index contributed by atoms with van der Waals surface area (Å²) in [4.78, 5) is 12.0. The minimum atomic E-state index is -0.319. The van der Waals surface area contributed by atoms with Gasteiger partial charge < -0.3 is 15.6 Å². The van der Waals surface area contributed by atoms with Crippen molar-refractivity contribution in [2.75, 3.05) is 5.32 Å². The molecular formula is C16H18FN3O. The number of nitrogens with zero attached hydrogens (tertiary/aromatic N) is 1. The molecule has 1 aromatic carbocycles. The lowest BCUT2D eigenvalue weighted by molar-refractivity contribution is -0.116. The summed E-state index contributed by atoms with van der Waals surface area (Å²) in [7, 11) is 0. The highest BCUT2D eigenvalue weighted by Gasteiger charge is 2.19. The molecule has 1 heterocycles. The molecular weight excluding hydrogens is 269 g/mol. The monoisotopic (exact) mass is 287 g/mol. The lowest BCUT2D eigenvalue weighted by Gasteiger charge is -2.17. The van der Waals surface area contributed by atoms with E-state index in [1.54, 1.807) is 12.1 Å². The highest BCUT2D eigenvalue weighted by molar-refractivity contribution is 5.90. The summed E-state index contributed by atoms with van der Waals surface area (Å²) < 4.78 is 14.7. The Bertz CT molecular complexity index is 648. The number of anilines is 1. The SMILES string of the molecule is NC1CCCc2cn(CC(=O)Nc3ccc(F)cc3)cc21. The summed E-state index contributed by atoms with van der Waals surface area (Å²) in [5, 5.41) is 2.75. The fourth-order valence-electron chi connectivity index (χ4n) is 2.78. The van der Waals surface area contributed by atoms with Crippen molar-refractivity contribution in [1.82, 2.24) is 4.57 Å². The maximum Gasteiger partial charge on any atom is 0.244 e. The molecule has 0 fully saturated rings. The first-order chi connectivity index (χ1) is 10.1. The predicted octanol–water partition coefficient (Wildman–Crippen LogP) is 2.60. The molecule has 0 saturated heterocycles. The molecule has 2 aromatic rings. The zero-order valence-corrected chi connectivity index (χ0v) is 11.7. The van der Waals surface area contributed by atoms with E-state index in [9.17, 15) is 9.18 Å². The maximum absolute atomic E-state index is 12.8. The van der Waals surface area contributed by atoms with Crippen LogP contribution in [0.25, 0.3) is 0 Å². The number of fused-ring (bicyclic) bond motifs is 1. The average Bonchev–Trinajstić information content (AvgIpc) is 2.85. The third kappa shape index (κ3) is 3.13. The van der Waals surface area contributed by atoms with Crippen molar-refractivity contribution in [2.24, 2.45) is 5.73 Å². The standard InChI is InChI=1S/C16H18FN3O/c17-12-4-6-13(7-5-12)19-16(21)10-20-8-11-2-1-3-15(18)14(11)9-20/h4-9,15H,1-3,10,18H2,(H,19,21). The minimum absolute atomic E-state index is 0.0789. The predicted molar refractivity (Wildman–Crippen MR) is 79.3 cm³/mol. The summed E-state index contributed by atoms with van der Waals surface area (Å²) in [6, 6.07) is 5.81. The molecule has 0 saturated carbocycles.